The standard InChI is InChI=1S/C19H13BrN2S/c1-13-18(15-5-3-2-4-6-15)22-19(23-13)16(12-21)11-14-7-9-17(20)10-8-14/h2-11H,1H3/b16-11+. The van der Waals surface area contributed by atoms with Crippen LogP contribution in [-0.2, 0) is 0 Å². The van der Waals surface area contributed by atoms with Crippen molar-refractivity contribution in [3.05, 3.63) is 74.5 Å². The maximum Gasteiger partial charge on any atom is 0.134 e. The van der Waals surface area contributed by atoms with Gasteiger partial charge in [-0.05, 0) is 30.7 Å². The second-order valence-electron chi connectivity index (χ2n) is 5.01. The molecule has 0 atom stereocenters. The number of hydrogen-bond donors (Lipinski definition) is 0. The molecule has 4 heteroatoms. The number of aryl methyl sites for hydroxylation is 1. The number of thiazole rings is 1. The summed E-state index contributed by atoms with van der Waals surface area (Å²) in [6.07, 6.45) is 1.87. The molecule has 0 fully saturated rings. The normalized spacial score (nSPS) is 11.3. The van der Waals surface area contributed by atoms with Crippen molar-refractivity contribution in [1.82, 2.24) is 4.98 Å². The quantitative estimate of drug-likeness (QED) is 0.526. The van der Waals surface area contributed by atoms with E-state index < -0.39 is 0 Å². The van der Waals surface area contributed by atoms with E-state index in [0.29, 0.717) is 5.57 Å². The molecule has 23 heavy (non-hydrogen) atoms. The van der Waals surface area contributed by atoms with Gasteiger partial charge in [0, 0.05) is 14.9 Å². The molecule has 1 heterocycles. The summed E-state index contributed by atoms with van der Waals surface area (Å²) >= 11 is 4.97. The Balaban J connectivity index is 2.00. The molecule has 0 aliphatic carbocycles. The Morgan fingerprint density at radius 2 is 1.83 bits per heavy atom. The van der Waals surface area contributed by atoms with Gasteiger partial charge in [0.25, 0.3) is 0 Å². The smallest absolute Gasteiger partial charge is 0.134 e. The first-order valence-electron chi connectivity index (χ1n) is 7.08. The second kappa shape index (κ2) is 6.91. The number of allylic oxidation sites excluding steroid dienone is 1. The molecule has 0 spiro atoms. The van der Waals surface area contributed by atoms with Crippen LogP contribution >= 0.6 is 27.3 Å². The number of aromatic nitrogens is 1. The number of hydrogen-bond acceptors (Lipinski definition) is 3. The summed E-state index contributed by atoms with van der Waals surface area (Å²) in [7, 11) is 0. The number of benzene rings is 2. The largest absolute Gasteiger partial charge is 0.235 e. The summed E-state index contributed by atoms with van der Waals surface area (Å²) in [6.45, 7) is 2.04. The van der Waals surface area contributed by atoms with E-state index in [-0.39, 0.29) is 0 Å². The third-order valence-electron chi connectivity index (χ3n) is 3.38. The molecule has 0 radical (unpaired) electrons. The average molecular weight is 381 g/mol. The van der Waals surface area contributed by atoms with E-state index in [1.807, 2.05) is 67.6 Å². The van der Waals surface area contributed by atoms with Crippen LogP contribution in [0.5, 0.6) is 0 Å². The Hall–Kier alpha value is -2.22. The molecule has 3 rings (SSSR count). The third kappa shape index (κ3) is 3.58. The minimum absolute atomic E-state index is 0.586. The summed E-state index contributed by atoms with van der Waals surface area (Å²) < 4.78 is 1.02. The molecule has 0 aliphatic heterocycles. The van der Waals surface area contributed by atoms with Gasteiger partial charge >= 0.3 is 0 Å². The average Bonchev–Trinajstić information content (AvgIpc) is 2.97. The van der Waals surface area contributed by atoms with Crippen LogP contribution in [0, 0.1) is 18.3 Å². The zero-order valence-corrected chi connectivity index (χ0v) is 14.9. The van der Waals surface area contributed by atoms with Gasteiger partial charge in [-0.3, -0.25) is 0 Å². The highest BCUT2D eigenvalue weighted by atomic mass is 79.9. The molecule has 0 unspecified atom stereocenters. The summed E-state index contributed by atoms with van der Waals surface area (Å²) in [6, 6.07) is 20.2. The lowest BCUT2D eigenvalue weighted by Gasteiger charge is -1.97. The van der Waals surface area contributed by atoms with Gasteiger partial charge in [-0.1, -0.05) is 58.4 Å². The van der Waals surface area contributed by atoms with Crippen LogP contribution in [0.15, 0.2) is 59.1 Å². The highest BCUT2D eigenvalue weighted by molar-refractivity contribution is 9.10. The molecule has 0 aliphatic rings. The van der Waals surface area contributed by atoms with Gasteiger partial charge in [-0.25, -0.2) is 4.98 Å². The summed E-state index contributed by atoms with van der Waals surface area (Å²) in [5.41, 5.74) is 3.59. The van der Waals surface area contributed by atoms with Crippen molar-refractivity contribution in [3.63, 3.8) is 0 Å². The van der Waals surface area contributed by atoms with Crippen molar-refractivity contribution < 1.29 is 0 Å². The fourth-order valence-electron chi connectivity index (χ4n) is 2.24. The number of rotatable bonds is 3. The summed E-state index contributed by atoms with van der Waals surface area (Å²) in [4.78, 5) is 5.80. The van der Waals surface area contributed by atoms with E-state index in [0.717, 1.165) is 31.2 Å². The first-order chi connectivity index (χ1) is 11.2. The number of halogens is 1. The molecule has 2 nitrogen and oxygen atoms in total. The van der Waals surface area contributed by atoms with Crippen LogP contribution < -0.4 is 0 Å². The number of nitrogens with zero attached hydrogens (tertiary/aromatic N) is 2. The maximum atomic E-state index is 9.51. The first-order valence-corrected chi connectivity index (χ1v) is 8.69. The molecular weight excluding hydrogens is 368 g/mol. The first kappa shape index (κ1) is 15.7. The highest BCUT2D eigenvalue weighted by Crippen LogP contribution is 2.31. The lowest BCUT2D eigenvalue weighted by atomic mass is 10.1. The van der Waals surface area contributed by atoms with Gasteiger partial charge in [-0.15, -0.1) is 11.3 Å². The van der Waals surface area contributed by atoms with Crippen molar-refractivity contribution in [2.45, 2.75) is 6.92 Å². The Morgan fingerprint density at radius 1 is 1.13 bits per heavy atom. The minimum Gasteiger partial charge on any atom is -0.235 e. The lowest BCUT2D eigenvalue weighted by Crippen LogP contribution is -1.83. The van der Waals surface area contributed by atoms with Crippen molar-refractivity contribution in [3.8, 4) is 17.3 Å². The zero-order chi connectivity index (χ0) is 16.2. The fourth-order valence-corrected chi connectivity index (χ4v) is 3.41. The number of nitriles is 1. The highest BCUT2D eigenvalue weighted by Gasteiger charge is 2.12. The van der Waals surface area contributed by atoms with E-state index >= 15 is 0 Å². The molecule has 0 saturated carbocycles. The summed E-state index contributed by atoms with van der Waals surface area (Å²) in [5.74, 6) is 0. The minimum atomic E-state index is 0.586. The van der Waals surface area contributed by atoms with Crippen LogP contribution in [0.1, 0.15) is 15.4 Å². The van der Waals surface area contributed by atoms with Gasteiger partial charge in [0.15, 0.2) is 0 Å². The van der Waals surface area contributed by atoms with Gasteiger partial charge in [0.05, 0.1) is 11.3 Å². The predicted octanol–water partition coefficient (Wildman–Crippen LogP) is 5.95. The van der Waals surface area contributed by atoms with Crippen LogP contribution in [0.3, 0.4) is 0 Å². The SMILES string of the molecule is Cc1sc(/C(C#N)=C/c2ccc(Br)cc2)nc1-c1ccccc1. The Morgan fingerprint density at radius 3 is 2.48 bits per heavy atom. The van der Waals surface area contributed by atoms with Crippen LogP contribution in [0.25, 0.3) is 22.9 Å². The zero-order valence-electron chi connectivity index (χ0n) is 12.5. The maximum absolute atomic E-state index is 9.51. The Bertz CT molecular complexity index is 887. The van der Waals surface area contributed by atoms with Gasteiger partial charge < -0.3 is 0 Å². The molecule has 3 aromatic rings. The van der Waals surface area contributed by atoms with E-state index in [1.165, 1.54) is 0 Å². The van der Waals surface area contributed by atoms with Crippen LogP contribution in [0.2, 0.25) is 0 Å². The van der Waals surface area contributed by atoms with Crippen LogP contribution in [-0.4, -0.2) is 4.98 Å². The molecule has 0 amide bonds. The van der Waals surface area contributed by atoms with E-state index in [9.17, 15) is 5.26 Å². The fraction of sp³-hybridized carbons (Fsp3) is 0.0526. The molecule has 2 aromatic carbocycles. The molecule has 112 valence electrons. The Kier molecular flexibility index (Phi) is 4.71. The summed E-state index contributed by atoms with van der Waals surface area (Å²) in [5, 5.41) is 10.3. The van der Waals surface area contributed by atoms with Crippen molar-refractivity contribution >= 4 is 38.9 Å². The van der Waals surface area contributed by atoms with Gasteiger partial charge in [0.2, 0.25) is 0 Å². The van der Waals surface area contributed by atoms with Crippen molar-refractivity contribution in [1.29, 1.82) is 5.26 Å². The van der Waals surface area contributed by atoms with E-state index in [4.69, 9.17) is 0 Å². The molecule has 0 bridgehead atoms. The van der Waals surface area contributed by atoms with Crippen molar-refractivity contribution in [2.75, 3.05) is 0 Å². The van der Waals surface area contributed by atoms with Crippen LogP contribution in [0.4, 0.5) is 0 Å². The third-order valence-corrected chi connectivity index (χ3v) is 4.91. The van der Waals surface area contributed by atoms with Gasteiger partial charge in [-0.2, -0.15) is 5.26 Å². The van der Waals surface area contributed by atoms with E-state index in [1.54, 1.807) is 11.3 Å². The molecular formula is C19H13BrN2S. The monoisotopic (exact) mass is 380 g/mol. The molecule has 1 aromatic heterocycles. The Labute approximate surface area is 147 Å². The van der Waals surface area contributed by atoms with Crippen molar-refractivity contribution in [2.24, 2.45) is 0 Å². The van der Waals surface area contributed by atoms with E-state index in [2.05, 4.69) is 27.0 Å². The van der Waals surface area contributed by atoms with Gasteiger partial charge in [0.1, 0.15) is 11.1 Å². The lowest BCUT2D eigenvalue weighted by molar-refractivity contribution is 1.34. The topological polar surface area (TPSA) is 36.7 Å². The second-order valence-corrected chi connectivity index (χ2v) is 7.13. The predicted molar refractivity (Wildman–Crippen MR) is 99.9 cm³/mol. The molecule has 0 N–H and O–H groups in total. The molecule has 0 saturated heterocycles.